The minimum absolute atomic E-state index is 0.106. The first kappa shape index (κ1) is 10.9. The maximum Gasteiger partial charge on any atom is 0.133 e. The number of rotatable bonds is 3. The highest BCUT2D eigenvalue weighted by atomic mass is 19.1. The third kappa shape index (κ3) is 2.42. The van der Waals surface area contributed by atoms with Crippen LogP contribution >= 0.6 is 0 Å². The first-order chi connectivity index (χ1) is 6.54. The van der Waals surface area contributed by atoms with Crippen molar-refractivity contribution in [2.75, 3.05) is 7.11 Å². The molecular weight excluding hydrogens is 190 g/mol. The number of methoxy groups -OCH3 is 1. The molecular formula is C10H12F2O2. The van der Waals surface area contributed by atoms with E-state index in [0.29, 0.717) is 0 Å². The van der Waals surface area contributed by atoms with Gasteiger partial charge in [0.25, 0.3) is 0 Å². The fourth-order valence-electron chi connectivity index (χ4n) is 1.26. The number of aliphatic hydroxyl groups excluding tert-OH is 1. The molecule has 0 fully saturated rings. The zero-order valence-corrected chi connectivity index (χ0v) is 8.05. The highest BCUT2D eigenvalue weighted by Gasteiger charge is 2.13. The monoisotopic (exact) mass is 202 g/mol. The summed E-state index contributed by atoms with van der Waals surface area (Å²) in [6, 6.07) is 1.88. The Bertz CT molecular complexity index is 324. The lowest BCUT2D eigenvalue weighted by Crippen LogP contribution is -2.08. The zero-order chi connectivity index (χ0) is 10.7. The van der Waals surface area contributed by atoms with E-state index in [9.17, 15) is 8.78 Å². The molecule has 0 saturated heterocycles. The number of hydrogen-bond acceptors (Lipinski definition) is 2. The molecule has 78 valence electrons. The summed E-state index contributed by atoms with van der Waals surface area (Å²) in [5.74, 6) is -1.25. The van der Waals surface area contributed by atoms with Crippen LogP contribution in [0.1, 0.15) is 12.5 Å². The van der Waals surface area contributed by atoms with Crippen LogP contribution < -0.4 is 4.74 Å². The Kier molecular flexibility index (Phi) is 3.41. The highest BCUT2D eigenvalue weighted by molar-refractivity contribution is 5.35. The summed E-state index contributed by atoms with van der Waals surface area (Å²) in [7, 11) is 1.33. The molecule has 1 atom stereocenters. The van der Waals surface area contributed by atoms with Crippen LogP contribution in [0.3, 0.4) is 0 Å². The van der Waals surface area contributed by atoms with Gasteiger partial charge >= 0.3 is 0 Å². The average molecular weight is 202 g/mol. The molecule has 0 aliphatic carbocycles. The first-order valence-corrected chi connectivity index (χ1v) is 4.24. The van der Waals surface area contributed by atoms with Crippen molar-refractivity contribution < 1.29 is 18.6 Å². The summed E-state index contributed by atoms with van der Waals surface area (Å²) >= 11 is 0. The van der Waals surface area contributed by atoms with Gasteiger partial charge in [0.05, 0.1) is 13.2 Å². The number of halogens is 2. The van der Waals surface area contributed by atoms with Crippen molar-refractivity contribution >= 4 is 0 Å². The van der Waals surface area contributed by atoms with Crippen LogP contribution in [0.5, 0.6) is 5.75 Å². The van der Waals surface area contributed by atoms with Crippen molar-refractivity contribution in [1.29, 1.82) is 0 Å². The van der Waals surface area contributed by atoms with E-state index in [1.807, 2.05) is 0 Å². The van der Waals surface area contributed by atoms with Crippen molar-refractivity contribution in [3.63, 3.8) is 0 Å². The van der Waals surface area contributed by atoms with Crippen molar-refractivity contribution in [2.24, 2.45) is 0 Å². The predicted molar refractivity (Wildman–Crippen MR) is 48.3 cm³/mol. The molecule has 1 aromatic carbocycles. The van der Waals surface area contributed by atoms with Crippen LogP contribution in [0.4, 0.5) is 8.78 Å². The molecule has 4 heteroatoms. The lowest BCUT2D eigenvalue weighted by Gasteiger charge is -2.11. The quantitative estimate of drug-likeness (QED) is 0.811. The molecule has 1 rings (SSSR count). The van der Waals surface area contributed by atoms with Crippen LogP contribution in [-0.4, -0.2) is 18.3 Å². The molecule has 0 aliphatic heterocycles. The van der Waals surface area contributed by atoms with Gasteiger partial charge in [-0.25, -0.2) is 8.78 Å². The second-order valence-corrected chi connectivity index (χ2v) is 3.12. The minimum atomic E-state index is -0.692. The molecule has 2 nitrogen and oxygen atoms in total. The van der Waals surface area contributed by atoms with Crippen LogP contribution in [0, 0.1) is 11.6 Å². The minimum Gasteiger partial charge on any atom is -0.496 e. The third-order valence-electron chi connectivity index (χ3n) is 1.84. The molecule has 0 spiro atoms. The Hall–Kier alpha value is -1.16. The Morgan fingerprint density at radius 1 is 1.43 bits per heavy atom. The lowest BCUT2D eigenvalue weighted by molar-refractivity contribution is 0.192. The molecule has 1 aromatic rings. The van der Waals surface area contributed by atoms with Gasteiger partial charge in [0.15, 0.2) is 0 Å². The molecule has 14 heavy (non-hydrogen) atoms. The summed E-state index contributed by atoms with van der Waals surface area (Å²) < 4.78 is 30.8. The third-order valence-corrected chi connectivity index (χ3v) is 1.84. The maximum atomic E-state index is 13.2. The van der Waals surface area contributed by atoms with Crippen LogP contribution in [0.2, 0.25) is 0 Å². The van der Waals surface area contributed by atoms with Gasteiger partial charge in [0.2, 0.25) is 0 Å². The number of benzene rings is 1. The van der Waals surface area contributed by atoms with E-state index in [1.165, 1.54) is 14.0 Å². The van der Waals surface area contributed by atoms with E-state index < -0.39 is 17.7 Å². The molecule has 1 unspecified atom stereocenters. The van der Waals surface area contributed by atoms with Crippen LogP contribution in [-0.2, 0) is 6.42 Å². The van der Waals surface area contributed by atoms with Crippen molar-refractivity contribution in [3.8, 4) is 5.75 Å². The SMILES string of the molecule is COc1cc(F)cc(F)c1CC(C)O. The summed E-state index contributed by atoms with van der Waals surface area (Å²) in [5.41, 5.74) is 0.198. The highest BCUT2D eigenvalue weighted by Crippen LogP contribution is 2.24. The topological polar surface area (TPSA) is 29.5 Å². The van der Waals surface area contributed by atoms with E-state index in [1.54, 1.807) is 0 Å². The summed E-state index contributed by atoms with van der Waals surface area (Å²) in [6.45, 7) is 1.53. The maximum absolute atomic E-state index is 13.2. The largest absolute Gasteiger partial charge is 0.496 e. The number of ether oxygens (including phenoxy) is 1. The van der Waals surface area contributed by atoms with E-state index in [-0.39, 0.29) is 17.7 Å². The summed E-state index contributed by atoms with van der Waals surface area (Å²) in [6.07, 6.45) is -0.584. The molecule has 0 amide bonds. The lowest BCUT2D eigenvalue weighted by atomic mass is 10.1. The Morgan fingerprint density at radius 3 is 2.57 bits per heavy atom. The molecule has 0 aromatic heterocycles. The van der Waals surface area contributed by atoms with Gasteiger partial charge in [-0.15, -0.1) is 0 Å². The van der Waals surface area contributed by atoms with Crippen molar-refractivity contribution in [2.45, 2.75) is 19.4 Å². The van der Waals surface area contributed by atoms with Crippen molar-refractivity contribution in [1.82, 2.24) is 0 Å². The molecule has 0 aliphatic rings. The van der Waals surface area contributed by atoms with E-state index in [0.717, 1.165) is 12.1 Å². The molecule has 1 N–H and O–H groups in total. The van der Waals surface area contributed by atoms with Crippen LogP contribution in [0.25, 0.3) is 0 Å². The molecule has 0 radical (unpaired) electrons. The zero-order valence-electron chi connectivity index (χ0n) is 8.05. The smallest absolute Gasteiger partial charge is 0.133 e. The fourth-order valence-corrected chi connectivity index (χ4v) is 1.26. The van der Waals surface area contributed by atoms with Gasteiger partial charge in [-0.1, -0.05) is 0 Å². The predicted octanol–water partition coefficient (Wildman–Crippen LogP) is 1.90. The second-order valence-electron chi connectivity index (χ2n) is 3.12. The Labute approximate surface area is 81.1 Å². The van der Waals surface area contributed by atoms with E-state index in [4.69, 9.17) is 9.84 Å². The van der Waals surface area contributed by atoms with Gasteiger partial charge in [-0.3, -0.25) is 0 Å². The van der Waals surface area contributed by atoms with Gasteiger partial charge in [-0.2, -0.15) is 0 Å². The first-order valence-electron chi connectivity index (χ1n) is 4.24. The van der Waals surface area contributed by atoms with Gasteiger partial charge in [0, 0.05) is 24.1 Å². The standard InChI is InChI=1S/C10H12F2O2/c1-6(13)3-8-9(12)4-7(11)5-10(8)14-2/h4-6,13H,3H2,1-2H3. The van der Waals surface area contributed by atoms with E-state index >= 15 is 0 Å². The fraction of sp³-hybridized carbons (Fsp3) is 0.400. The Balaban J connectivity index is 3.11. The summed E-state index contributed by atoms with van der Waals surface area (Å²) in [5, 5.41) is 9.10. The molecule has 0 saturated carbocycles. The number of hydrogen-bond donors (Lipinski definition) is 1. The van der Waals surface area contributed by atoms with Gasteiger partial charge in [0.1, 0.15) is 17.4 Å². The van der Waals surface area contributed by atoms with Gasteiger partial charge < -0.3 is 9.84 Å². The summed E-state index contributed by atoms with van der Waals surface area (Å²) in [4.78, 5) is 0. The second kappa shape index (κ2) is 4.37. The van der Waals surface area contributed by atoms with Gasteiger partial charge in [-0.05, 0) is 6.92 Å². The van der Waals surface area contributed by atoms with E-state index in [2.05, 4.69) is 0 Å². The number of aliphatic hydroxyl groups is 1. The van der Waals surface area contributed by atoms with Crippen LogP contribution in [0.15, 0.2) is 12.1 Å². The molecule has 0 heterocycles. The molecule has 0 bridgehead atoms. The normalized spacial score (nSPS) is 12.6. The Morgan fingerprint density at radius 2 is 2.07 bits per heavy atom. The average Bonchev–Trinajstić information content (AvgIpc) is 2.08. The van der Waals surface area contributed by atoms with Crippen molar-refractivity contribution in [3.05, 3.63) is 29.3 Å².